The lowest BCUT2D eigenvalue weighted by Gasteiger charge is -2.31. The molecule has 0 radical (unpaired) electrons. The zero-order valence-electron chi connectivity index (χ0n) is 12.6. The van der Waals surface area contributed by atoms with Crippen molar-refractivity contribution in [3.8, 4) is 0 Å². The Bertz CT molecular complexity index is 647. The van der Waals surface area contributed by atoms with E-state index in [0.717, 1.165) is 28.7 Å². The number of ether oxygens (including phenoxy) is 1. The van der Waals surface area contributed by atoms with Gasteiger partial charge in [-0.15, -0.1) is 0 Å². The van der Waals surface area contributed by atoms with Crippen LogP contribution in [0.5, 0.6) is 0 Å². The van der Waals surface area contributed by atoms with E-state index < -0.39 is 0 Å². The second-order valence-corrected chi connectivity index (χ2v) is 5.55. The molecule has 1 saturated heterocycles. The summed E-state index contributed by atoms with van der Waals surface area (Å²) in [5.41, 5.74) is 1.91. The van der Waals surface area contributed by atoms with Crippen LogP contribution >= 0.6 is 0 Å². The first-order chi connectivity index (χ1) is 10.2. The number of carbonyl (C=O) groups is 1. The molecular formula is C17H21NO3. The molecule has 0 aliphatic carbocycles. The van der Waals surface area contributed by atoms with Crippen LogP contribution in [0.1, 0.15) is 25.2 Å². The maximum Gasteiger partial charge on any atom is 0.227 e. The molecule has 2 aromatic rings. The van der Waals surface area contributed by atoms with E-state index in [1.807, 2.05) is 36.1 Å². The number of rotatable bonds is 3. The van der Waals surface area contributed by atoms with Gasteiger partial charge in [0.1, 0.15) is 11.3 Å². The monoisotopic (exact) mass is 287 g/mol. The van der Waals surface area contributed by atoms with Crippen LogP contribution in [0, 0.1) is 0 Å². The number of furan rings is 1. The highest BCUT2D eigenvalue weighted by Gasteiger charge is 2.23. The number of benzene rings is 1. The molecule has 1 fully saturated rings. The fourth-order valence-corrected chi connectivity index (χ4v) is 2.94. The summed E-state index contributed by atoms with van der Waals surface area (Å²) in [7, 11) is 0. The molecule has 0 N–H and O–H groups in total. The predicted molar refractivity (Wildman–Crippen MR) is 81.3 cm³/mol. The van der Waals surface area contributed by atoms with Gasteiger partial charge in [0.15, 0.2) is 0 Å². The number of para-hydroxylation sites is 1. The van der Waals surface area contributed by atoms with Gasteiger partial charge in [0.05, 0.1) is 19.1 Å². The SMILES string of the molecule is CCc1oc2ccccc2c1CC(=O)N1CCO[C@H](C)C1. The number of fused-ring (bicyclic) bond motifs is 1. The molecule has 1 aromatic heterocycles. The van der Waals surface area contributed by atoms with Crippen molar-refractivity contribution in [2.75, 3.05) is 19.7 Å². The van der Waals surface area contributed by atoms with E-state index in [9.17, 15) is 4.79 Å². The van der Waals surface area contributed by atoms with Gasteiger partial charge in [0, 0.05) is 30.5 Å². The molecule has 1 amide bonds. The maximum atomic E-state index is 12.6. The van der Waals surface area contributed by atoms with Crippen molar-refractivity contribution >= 4 is 16.9 Å². The Hall–Kier alpha value is -1.81. The average Bonchev–Trinajstić information content (AvgIpc) is 2.85. The van der Waals surface area contributed by atoms with Gasteiger partial charge in [0.25, 0.3) is 0 Å². The summed E-state index contributed by atoms with van der Waals surface area (Å²) in [5.74, 6) is 1.08. The molecule has 0 unspecified atom stereocenters. The summed E-state index contributed by atoms with van der Waals surface area (Å²) in [4.78, 5) is 14.4. The van der Waals surface area contributed by atoms with Gasteiger partial charge in [-0.2, -0.15) is 0 Å². The maximum absolute atomic E-state index is 12.6. The minimum Gasteiger partial charge on any atom is -0.461 e. The lowest BCUT2D eigenvalue weighted by Crippen LogP contribution is -2.45. The van der Waals surface area contributed by atoms with Gasteiger partial charge in [-0.3, -0.25) is 4.79 Å². The van der Waals surface area contributed by atoms with Crippen molar-refractivity contribution in [1.29, 1.82) is 0 Å². The third-order valence-corrected chi connectivity index (χ3v) is 4.02. The average molecular weight is 287 g/mol. The fraction of sp³-hybridized carbons (Fsp3) is 0.471. The van der Waals surface area contributed by atoms with Crippen LogP contribution in [-0.4, -0.2) is 36.6 Å². The van der Waals surface area contributed by atoms with Crippen molar-refractivity contribution in [2.45, 2.75) is 32.8 Å². The zero-order chi connectivity index (χ0) is 14.8. The lowest BCUT2D eigenvalue weighted by molar-refractivity contribution is -0.137. The van der Waals surface area contributed by atoms with Gasteiger partial charge in [0.2, 0.25) is 5.91 Å². The van der Waals surface area contributed by atoms with E-state index >= 15 is 0 Å². The Morgan fingerprint density at radius 2 is 2.19 bits per heavy atom. The standard InChI is InChI=1S/C17H21NO3/c1-3-15-14(13-6-4-5-7-16(13)21-15)10-17(19)18-8-9-20-12(2)11-18/h4-7,12H,3,8-11H2,1-2H3/t12-/m1/s1. The molecule has 112 valence electrons. The van der Waals surface area contributed by atoms with Gasteiger partial charge in [-0.25, -0.2) is 0 Å². The van der Waals surface area contributed by atoms with Crippen molar-refractivity contribution in [3.05, 3.63) is 35.6 Å². The Labute approximate surface area is 124 Å². The molecule has 0 spiro atoms. The Morgan fingerprint density at radius 3 is 2.95 bits per heavy atom. The molecule has 0 bridgehead atoms. The van der Waals surface area contributed by atoms with Crippen LogP contribution in [0.2, 0.25) is 0 Å². The smallest absolute Gasteiger partial charge is 0.227 e. The molecule has 1 atom stereocenters. The molecule has 0 saturated carbocycles. The number of carbonyl (C=O) groups excluding carboxylic acids is 1. The minimum absolute atomic E-state index is 0.120. The van der Waals surface area contributed by atoms with Crippen LogP contribution in [0.4, 0.5) is 0 Å². The molecule has 1 aliphatic rings. The fourth-order valence-electron chi connectivity index (χ4n) is 2.94. The molecule has 4 heteroatoms. The van der Waals surface area contributed by atoms with E-state index in [1.165, 1.54) is 0 Å². The minimum atomic E-state index is 0.120. The second kappa shape index (κ2) is 5.90. The number of aryl methyl sites for hydroxylation is 1. The van der Waals surface area contributed by atoms with Crippen LogP contribution in [0.3, 0.4) is 0 Å². The topological polar surface area (TPSA) is 42.7 Å². The summed E-state index contributed by atoms with van der Waals surface area (Å²) in [6, 6.07) is 7.93. The Kier molecular flexibility index (Phi) is 3.97. The van der Waals surface area contributed by atoms with E-state index in [-0.39, 0.29) is 12.0 Å². The molecule has 2 heterocycles. The first-order valence-electron chi connectivity index (χ1n) is 7.57. The first-order valence-corrected chi connectivity index (χ1v) is 7.57. The van der Waals surface area contributed by atoms with Gasteiger partial charge in [-0.05, 0) is 13.0 Å². The molecule has 3 rings (SSSR count). The Balaban J connectivity index is 1.85. The highest BCUT2D eigenvalue weighted by molar-refractivity contribution is 5.88. The number of amides is 1. The molecule has 4 nitrogen and oxygen atoms in total. The summed E-state index contributed by atoms with van der Waals surface area (Å²) in [5, 5.41) is 1.06. The molecule has 1 aliphatic heterocycles. The van der Waals surface area contributed by atoms with E-state index in [0.29, 0.717) is 26.1 Å². The number of hydrogen-bond donors (Lipinski definition) is 0. The van der Waals surface area contributed by atoms with Crippen LogP contribution in [-0.2, 0) is 22.4 Å². The van der Waals surface area contributed by atoms with Crippen LogP contribution < -0.4 is 0 Å². The van der Waals surface area contributed by atoms with E-state index in [1.54, 1.807) is 0 Å². The van der Waals surface area contributed by atoms with E-state index in [4.69, 9.17) is 9.15 Å². The summed E-state index contributed by atoms with van der Waals surface area (Å²) >= 11 is 0. The summed E-state index contributed by atoms with van der Waals surface area (Å²) in [6.45, 7) is 6.04. The lowest BCUT2D eigenvalue weighted by atomic mass is 10.1. The quantitative estimate of drug-likeness (QED) is 0.872. The number of morpholine rings is 1. The number of nitrogens with zero attached hydrogens (tertiary/aromatic N) is 1. The van der Waals surface area contributed by atoms with Gasteiger partial charge >= 0.3 is 0 Å². The highest BCUT2D eigenvalue weighted by Crippen LogP contribution is 2.27. The van der Waals surface area contributed by atoms with Crippen molar-refractivity contribution in [1.82, 2.24) is 4.90 Å². The van der Waals surface area contributed by atoms with E-state index in [2.05, 4.69) is 6.92 Å². The van der Waals surface area contributed by atoms with Crippen molar-refractivity contribution < 1.29 is 13.9 Å². The third kappa shape index (κ3) is 2.81. The predicted octanol–water partition coefficient (Wildman–Crippen LogP) is 2.79. The first kappa shape index (κ1) is 14.1. The molecule has 21 heavy (non-hydrogen) atoms. The summed E-state index contributed by atoms with van der Waals surface area (Å²) < 4.78 is 11.4. The normalized spacial score (nSPS) is 19.1. The third-order valence-electron chi connectivity index (χ3n) is 4.02. The number of hydrogen-bond acceptors (Lipinski definition) is 3. The summed E-state index contributed by atoms with van der Waals surface area (Å²) in [6.07, 6.45) is 1.33. The highest BCUT2D eigenvalue weighted by atomic mass is 16.5. The molecular weight excluding hydrogens is 266 g/mol. The van der Waals surface area contributed by atoms with Gasteiger partial charge < -0.3 is 14.1 Å². The van der Waals surface area contributed by atoms with Crippen LogP contribution in [0.15, 0.2) is 28.7 Å². The van der Waals surface area contributed by atoms with Crippen molar-refractivity contribution in [3.63, 3.8) is 0 Å². The molecule has 1 aromatic carbocycles. The van der Waals surface area contributed by atoms with Crippen LogP contribution in [0.25, 0.3) is 11.0 Å². The van der Waals surface area contributed by atoms with Crippen molar-refractivity contribution in [2.24, 2.45) is 0 Å². The largest absolute Gasteiger partial charge is 0.461 e. The zero-order valence-corrected chi connectivity index (χ0v) is 12.6. The van der Waals surface area contributed by atoms with Gasteiger partial charge in [-0.1, -0.05) is 25.1 Å². The Morgan fingerprint density at radius 1 is 1.38 bits per heavy atom. The second-order valence-electron chi connectivity index (χ2n) is 5.55.